The molecule has 0 bridgehead atoms. The molecule has 1 saturated heterocycles. The molecule has 2 aromatic rings. The van der Waals surface area contributed by atoms with E-state index < -0.39 is 0 Å². The highest BCUT2D eigenvalue weighted by atomic mass is 32.1. The first kappa shape index (κ1) is 26.4. The summed E-state index contributed by atoms with van der Waals surface area (Å²) in [5, 5.41) is 4.89. The van der Waals surface area contributed by atoms with Crippen molar-refractivity contribution in [1.82, 2.24) is 20.1 Å². The molecule has 7 heteroatoms. The van der Waals surface area contributed by atoms with Crippen LogP contribution in [0.5, 0.6) is 0 Å². The van der Waals surface area contributed by atoms with Crippen LogP contribution in [0.1, 0.15) is 70.2 Å². The van der Waals surface area contributed by atoms with Gasteiger partial charge in [0.05, 0.1) is 5.56 Å². The van der Waals surface area contributed by atoms with E-state index in [0.29, 0.717) is 17.2 Å². The Morgan fingerprint density at radius 1 is 1.26 bits per heavy atom. The molecule has 0 radical (unpaired) electrons. The molecule has 0 spiro atoms. The summed E-state index contributed by atoms with van der Waals surface area (Å²) in [6, 6.07) is 2.65. The molecule has 1 amide bonds. The molecule has 0 unspecified atom stereocenters. The van der Waals surface area contributed by atoms with Gasteiger partial charge in [0.25, 0.3) is 11.5 Å². The lowest BCUT2D eigenvalue weighted by atomic mass is 10.0. The minimum absolute atomic E-state index is 0.126. The molecule has 34 heavy (non-hydrogen) atoms. The van der Waals surface area contributed by atoms with Gasteiger partial charge >= 0.3 is 0 Å². The van der Waals surface area contributed by atoms with Crippen molar-refractivity contribution < 1.29 is 4.79 Å². The smallest absolute Gasteiger partial charge is 0.253 e. The number of allylic oxidation sites excluding steroid dienone is 2. The second kappa shape index (κ2) is 12.0. The van der Waals surface area contributed by atoms with Crippen LogP contribution in [0.25, 0.3) is 5.57 Å². The van der Waals surface area contributed by atoms with E-state index in [9.17, 15) is 9.59 Å². The molecule has 0 aromatic carbocycles. The molecule has 1 aliphatic heterocycles. The summed E-state index contributed by atoms with van der Waals surface area (Å²) in [5.74, 6) is -0.126. The van der Waals surface area contributed by atoms with Crippen molar-refractivity contribution in [1.29, 1.82) is 0 Å². The van der Waals surface area contributed by atoms with Gasteiger partial charge in [-0.3, -0.25) is 9.59 Å². The summed E-state index contributed by atoms with van der Waals surface area (Å²) < 4.78 is 0. The van der Waals surface area contributed by atoms with Gasteiger partial charge in [-0.2, -0.15) is 0 Å². The van der Waals surface area contributed by atoms with Crippen LogP contribution in [-0.4, -0.2) is 60.5 Å². The Labute approximate surface area is 208 Å². The maximum atomic E-state index is 12.9. The molecule has 2 aromatic heterocycles. The number of rotatable bonds is 9. The SMILES string of the molecule is C/C=C(/CCCN1CCC(N(C)C)CC1)c1scc(C(=O)NCc2c(C)cc(C)[nH]c2=O)c1C. The molecule has 6 nitrogen and oxygen atoms in total. The molecule has 1 aliphatic rings. The van der Waals surface area contributed by atoms with Gasteiger partial charge in [-0.15, -0.1) is 11.3 Å². The average molecular weight is 485 g/mol. The Morgan fingerprint density at radius 2 is 1.97 bits per heavy atom. The van der Waals surface area contributed by atoms with Crippen LogP contribution in [-0.2, 0) is 6.54 Å². The molecule has 186 valence electrons. The van der Waals surface area contributed by atoms with E-state index in [2.05, 4.69) is 47.2 Å². The third kappa shape index (κ3) is 6.46. The molecule has 0 aliphatic carbocycles. The minimum Gasteiger partial charge on any atom is -0.348 e. The van der Waals surface area contributed by atoms with Gasteiger partial charge in [0.2, 0.25) is 0 Å². The first-order chi connectivity index (χ1) is 16.2. The number of pyridine rings is 1. The van der Waals surface area contributed by atoms with Crippen LogP contribution in [0.15, 0.2) is 22.3 Å². The van der Waals surface area contributed by atoms with Crippen molar-refractivity contribution in [2.75, 3.05) is 33.7 Å². The Bertz CT molecular complexity index is 1070. The monoisotopic (exact) mass is 484 g/mol. The zero-order valence-corrected chi connectivity index (χ0v) is 22.4. The lowest BCUT2D eigenvalue weighted by molar-refractivity contribution is 0.0950. The number of carbonyl (C=O) groups excluding carboxylic acids is 1. The van der Waals surface area contributed by atoms with Crippen LogP contribution in [0.2, 0.25) is 0 Å². The predicted octanol–water partition coefficient (Wildman–Crippen LogP) is 4.50. The Morgan fingerprint density at radius 3 is 2.59 bits per heavy atom. The third-order valence-electron chi connectivity index (χ3n) is 7.05. The molecule has 0 saturated carbocycles. The average Bonchev–Trinajstić information content (AvgIpc) is 3.17. The largest absolute Gasteiger partial charge is 0.348 e. The van der Waals surface area contributed by atoms with E-state index in [0.717, 1.165) is 36.2 Å². The molecule has 2 N–H and O–H groups in total. The maximum Gasteiger partial charge on any atom is 0.253 e. The van der Waals surface area contributed by atoms with Gasteiger partial charge in [-0.1, -0.05) is 6.08 Å². The fourth-order valence-electron chi connectivity index (χ4n) is 4.86. The number of thiophene rings is 1. The summed E-state index contributed by atoms with van der Waals surface area (Å²) in [6.45, 7) is 11.6. The van der Waals surface area contributed by atoms with Crippen LogP contribution in [0.3, 0.4) is 0 Å². The first-order valence-corrected chi connectivity index (χ1v) is 13.2. The van der Waals surface area contributed by atoms with Gasteiger partial charge in [0.15, 0.2) is 0 Å². The van der Waals surface area contributed by atoms with Gasteiger partial charge in [-0.05, 0) is 110 Å². The van der Waals surface area contributed by atoms with Gasteiger partial charge in [0.1, 0.15) is 0 Å². The molecular weight excluding hydrogens is 444 g/mol. The topological polar surface area (TPSA) is 68.4 Å². The van der Waals surface area contributed by atoms with Gasteiger partial charge in [-0.25, -0.2) is 0 Å². The highest BCUT2D eigenvalue weighted by Gasteiger charge is 2.21. The summed E-state index contributed by atoms with van der Waals surface area (Å²) in [7, 11) is 4.36. The molecule has 3 rings (SSSR count). The van der Waals surface area contributed by atoms with Crippen molar-refractivity contribution in [3.8, 4) is 0 Å². The second-order valence-corrected chi connectivity index (χ2v) is 10.6. The van der Waals surface area contributed by atoms with Crippen LogP contribution in [0, 0.1) is 20.8 Å². The highest BCUT2D eigenvalue weighted by molar-refractivity contribution is 7.11. The number of aryl methyl sites for hydroxylation is 2. The Hall–Kier alpha value is -2.22. The number of nitrogens with zero attached hydrogens (tertiary/aromatic N) is 2. The number of aromatic nitrogens is 1. The van der Waals surface area contributed by atoms with Crippen LogP contribution in [0.4, 0.5) is 0 Å². The normalized spacial score (nSPS) is 15.8. The van der Waals surface area contributed by atoms with Gasteiger partial charge in [0, 0.05) is 34.1 Å². The Balaban J connectivity index is 1.56. The van der Waals surface area contributed by atoms with E-state index in [1.807, 2.05) is 32.2 Å². The lowest BCUT2D eigenvalue weighted by Crippen LogP contribution is -2.42. The standard InChI is InChI=1S/C27H40N4O2S/c1-7-21(9-8-12-31-13-10-22(11-14-31)30(5)6)25-20(4)24(17-34-25)26(32)28-16-23-18(2)15-19(3)29-27(23)33/h7,15,17,22H,8-14,16H2,1-6H3,(H,28,32)(H,29,33)/b21-7-. The van der Waals surface area contributed by atoms with Gasteiger partial charge < -0.3 is 20.1 Å². The van der Waals surface area contributed by atoms with E-state index >= 15 is 0 Å². The third-order valence-corrected chi connectivity index (χ3v) is 8.21. The quantitative estimate of drug-likeness (QED) is 0.550. The number of amides is 1. The molecule has 0 atom stereocenters. The summed E-state index contributed by atoms with van der Waals surface area (Å²) >= 11 is 1.64. The fraction of sp³-hybridized carbons (Fsp3) is 0.556. The number of aromatic amines is 1. The highest BCUT2D eigenvalue weighted by Crippen LogP contribution is 2.31. The summed E-state index contributed by atoms with van der Waals surface area (Å²) in [5.41, 5.74) is 5.23. The fourth-order valence-corrected chi connectivity index (χ4v) is 6.04. The van der Waals surface area contributed by atoms with Crippen molar-refractivity contribution >= 4 is 22.8 Å². The maximum absolute atomic E-state index is 12.9. The summed E-state index contributed by atoms with van der Waals surface area (Å²) in [6.07, 6.45) is 6.83. The number of hydrogen-bond acceptors (Lipinski definition) is 5. The van der Waals surface area contributed by atoms with Crippen molar-refractivity contribution in [3.05, 3.63) is 60.7 Å². The van der Waals surface area contributed by atoms with Crippen molar-refractivity contribution in [2.45, 2.75) is 66.0 Å². The number of hydrogen-bond donors (Lipinski definition) is 2. The number of nitrogens with one attached hydrogen (secondary N) is 2. The molecule has 3 heterocycles. The van der Waals surface area contributed by atoms with Crippen LogP contribution >= 0.6 is 11.3 Å². The lowest BCUT2D eigenvalue weighted by Gasteiger charge is -2.35. The number of likely N-dealkylation sites (tertiary alicyclic amines) is 1. The number of piperidine rings is 1. The molecule has 1 fully saturated rings. The minimum atomic E-state index is -0.136. The second-order valence-electron chi connectivity index (χ2n) is 9.68. The zero-order chi connectivity index (χ0) is 24.8. The number of carbonyl (C=O) groups is 1. The zero-order valence-electron chi connectivity index (χ0n) is 21.6. The van der Waals surface area contributed by atoms with E-state index in [1.54, 1.807) is 11.3 Å². The van der Waals surface area contributed by atoms with Crippen LogP contribution < -0.4 is 10.9 Å². The first-order valence-electron chi connectivity index (χ1n) is 12.3. The van der Waals surface area contributed by atoms with Crippen molar-refractivity contribution in [3.63, 3.8) is 0 Å². The van der Waals surface area contributed by atoms with E-state index in [-0.39, 0.29) is 18.0 Å². The predicted molar refractivity (Wildman–Crippen MR) is 143 cm³/mol. The van der Waals surface area contributed by atoms with E-state index in [4.69, 9.17) is 0 Å². The van der Waals surface area contributed by atoms with E-state index in [1.165, 1.54) is 36.4 Å². The summed E-state index contributed by atoms with van der Waals surface area (Å²) in [4.78, 5) is 34.1. The molecular formula is C27H40N4O2S. The number of H-pyrrole nitrogens is 1. The Kier molecular flexibility index (Phi) is 9.28. The van der Waals surface area contributed by atoms with Crippen molar-refractivity contribution in [2.24, 2.45) is 0 Å².